The Bertz CT molecular complexity index is 1610. The average molecular weight is 610 g/mol. The quantitative estimate of drug-likeness (QED) is 0.146. The van der Waals surface area contributed by atoms with Crippen LogP contribution in [0.15, 0.2) is 97.1 Å². The monoisotopic (exact) mass is 609 g/mol. The maximum absolute atomic E-state index is 8.96. The third-order valence-electron chi connectivity index (χ3n) is 7.88. The number of likely N-dealkylation sites (tertiary alicyclic amines) is 1. The second-order valence-electron chi connectivity index (χ2n) is 11.1. The summed E-state index contributed by atoms with van der Waals surface area (Å²) in [6.45, 7) is 6.63. The van der Waals surface area contributed by atoms with Gasteiger partial charge in [0, 0.05) is 29.7 Å². The highest BCUT2D eigenvalue weighted by atomic mass is 32.1. The molecule has 0 spiro atoms. The van der Waals surface area contributed by atoms with Crippen LogP contribution in [0, 0.1) is 6.92 Å². The molecule has 0 bridgehead atoms. The van der Waals surface area contributed by atoms with Gasteiger partial charge in [0.05, 0.1) is 24.2 Å². The number of aliphatic hydroxyl groups is 1. The molecular formula is C37H39NO5S. The summed E-state index contributed by atoms with van der Waals surface area (Å²) in [4.78, 5) is 3.49. The van der Waals surface area contributed by atoms with Crippen LogP contribution in [0.4, 0.5) is 0 Å². The van der Waals surface area contributed by atoms with Gasteiger partial charge in [-0.15, -0.1) is 11.3 Å². The number of hydrogen-bond acceptors (Lipinski definition) is 7. The van der Waals surface area contributed by atoms with Gasteiger partial charge in [-0.3, -0.25) is 4.90 Å². The standard InChI is InChI=1S/C37H39NO5S/c1-27-7-9-29(10-8-27)37-36(34-16-15-33(25-35(34)44-37)42-26-28-5-3-2-4-6-28)43-32-13-11-30(12-14-32)40-23-21-38-19-17-31(18-20-38)41-24-22-39/h2-16,25,31,39H,17-24,26H2,1H3. The van der Waals surface area contributed by atoms with E-state index in [4.69, 9.17) is 24.1 Å². The van der Waals surface area contributed by atoms with Crippen LogP contribution in [0.25, 0.3) is 20.5 Å². The highest BCUT2D eigenvalue weighted by Gasteiger charge is 2.20. The summed E-state index contributed by atoms with van der Waals surface area (Å²) in [6, 6.07) is 32.9. The number of piperidine rings is 1. The number of aryl methyl sites for hydroxylation is 1. The maximum Gasteiger partial charge on any atom is 0.153 e. The van der Waals surface area contributed by atoms with Crippen molar-refractivity contribution >= 4 is 21.4 Å². The van der Waals surface area contributed by atoms with Crippen LogP contribution >= 0.6 is 11.3 Å². The summed E-state index contributed by atoms with van der Waals surface area (Å²) in [7, 11) is 0. The molecule has 0 radical (unpaired) electrons. The van der Waals surface area contributed by atoms with Gasteiger partial charge in [0.2, 0.25) is 0 Å². The predicted molar refractivity (Wildman–Crippen MR) is 177 cm³/mol. The van der Waals surface area contributed by atoms with Crippen molar-refractivity contribution in [2.45, 2.75) is 32.5 Å². The molecule has 1 N–H and O–H groups in total. The van der Waals surface area contributed by atoms with E-state index in [1.807, 2.05) is 48.5 Å². The van der Waals surface area contributed by atoms with Crippen molar-refractivity contribution in [2.24, 2.45) is 0 Å². The van der Waals surface area contributed by atoms with Crippen molar-refractivity contribution in [2.75, 3.05) is 39.5 Å². The van der Waals surface area contributed by atoms with Crippen molar-refractivity contribution in [3.8, 4) is 33.4 Å². The predicted octanol–water partition coefficient (Wildman–Crippen LogP) is 8.10. The Labute approximate surface area is 263 Å². The molecule has 6 rings (SSSR count). The Morgan fingerprint density at radius 2 is 1.52 bits per heavy atom. The van der Waals surface area contributed by atoms with Gasteiger partial charge >= 0.3 is 0 Å². The molecule has 1 aliphatic rings. The first-order valence-corrected chi connectivity index (χ1v) is 16.1. The van der Waals surface area contributed by atoms with E-state index in [0.29, 0.717) is 19.8 Å². The highest BCUT2D eigenvalue weighted by molar-refractivity contribution is 7.22. The summed E-state index contributed by atoms with van der Waals surface area (Å²) >= 11 is 1.72. The van der Waals surface area contributed by atoms with Gasteiger partial charge in [0.25, 0.3) is 0 Å². The molecule has 1 aromatic heterocycles. The van der Waals surface area contributed by atoms with E-state index in [1.54, 1.807) is 11.3 Å². The topological polar surface area (TPSA) is 60.4 Å². The van der Waals surface area contributed by atoms with Crippen molar-refractivity contribution in [1.29, 1.82) is 0 Å². The zero-order chi connectivity index (χ0) is 30.1. The van der Waals surface area contributed by atoms with Gasteiger partial charge in [-0.1, -0.05) is 60.2 Å². The molecule has 6 nitrogen and oxygen atoms in total. The number of aliphatic hydroxyl groups excluding tert-OH is 1. The second-order valence-corrected chi connectivity index (χ2v) is 12.2. The highest BCUT2D eigenvalue weighted by Crippen LogP contribution is 2.47. The summed E-state index contributed by atoms with van der Waals surface area (Å²) in [6.07, 6.45) is 2.25. The summed E-state index contributed by atoms with van der Waals surface area (Å²) in [5, 5.41) is 10.0. The van der Waals surface area contributed by atoms with Gasteiger partial charge in [0.1, 0.15) is 30.5 Å². The van der Waals surface area contributed by atoms with Gasteiger partial charge in [-0.25, -0.2) is 0 Å². The summed E-state index contributed by atoms with van der Waals surface area (Å²) in [5.41, 5.74) is 3.49. The lowest BCUT2D eigenvalue weighted by atomic mass is 10.1. The van der Waals surface area contributed by atoms with Gasteiger partial charge in [-0.2, -0.15) is 0 Å². The number of ether oxygens (including phenoxy) is 4. The van der Waals surface area contributed by atoms with E-state index in [1.165, 1.54) is 5.56 Å². The molecule has 1 fully saturated rings. The SMILES string of the molecule is Cc1ccc(-c2sc3cc(OCc4ccccc4)ccc3c2Oc2ccc(OCCN3CCC(OCCO)CC3)cc2)cc1. The first-order valence-electron chi connectivity index (χ1n) is 15.3. The number of fused-ring (bicyclic) bond motifs is 1. The van der Waals surface area contributed by atoms with Gasteiger partial charge < -0.3 is 24.1 Å². The van der Waals surface area contributed by atoms with E-state index >= 15 is 0 Å². The second kappa shape index (κ2) is 14.7. The van der Waals surface area contributed by atoms with Crippen LogP contribution in [0.3, 0.4) is 0 Å². The molecule has 0 saturated carbocycles. The Morgan fingerprint density at radius 1 is 0.795 bits per heavy atom. The molecule has 1 saturated heterocycles. The van der Waals surface area contributed by atoms with Crippen LogP contribution in [-0.4, -0.2) is 55.6 Å². The summed E-state index contributed by atoms with van der Waals surface area (Å²) in [5.74, 6) is 3.28. The molecule has 228 valence electrons. The average Bonchev–Trinajstić information content (AvgIpc) is 3.42. The minimum atomic E-state index is 0.0848. The Morgan fingerprint density at radius 3 is 2.27 bits per heavy atom. The molecule has 4 aromatic carbocycles. The molecule has 0 unspecified atom stereocenters. The van der Waals surface area contributed by atoms with Crippen molar-refractivity contribution in [1.82, 2.24) is 4.90 Å². The normalized spacial score (nSPS) is 14.1. The Balaban J connectivity index is 1.12. The van der Waals surface area contributed by atoms with E-state index in [-0.39, 0.29) is 12.7 Å². The van der Waals surface area contributed by atoms with E-state index in [9.17, 15) is 0 Å². The Hall–Kier alpha value is -3.88. The molecule has 7 heteroatoms. The van der Waals surface area contributed by atoms with Gasteiger partial charge in [-0.05, 0) is 73.4 Å². The number of benzene rings is 4. The maximum atomic E-state index is 8.96. The third kappa shape index (κ3) is 7.79. The largest absolute Gasteiger partial charge is 0.492 e. The van der Waals surface area contributed by atoms with Crippen LogP contribution in [0.5, 0.6) is 23.0 Å². The molecule has 44 heavy (non-hydrogen) atoms. The lowest BCUT2D eigenvalue weighted by Gasteiger charge is -2.31. The fourth-order valence-corrected chi connectivity index (χ4v) is 6.58. The zero-order valence-corrected chi connectivity index (χ0v) is 25.9. The van der Waals surface area contributed by atoms with Crippen LogP contribution in [0.1, 0.15) is 24.0 Å². The first-order chi connectivity index (χ1) is 21.6. The third-order valence-corrected chi connectivity index (χ3v) is 9.06. The molecule has 1 aliphatic heterocycles. The molecule has 0 aliphatic carbocycles. The van der Waals surface area contributed by atoms with E-state index < -0.39 is 0 Å². The summed E-state index contributed by atoms with van der Waals surface area (Å²) < 4.78 is 25.6. The van der Waals surface area contributed by atoms with Crippen molar-refractivity contribution in [3.05, 3.63) is 108 Å². The molecule has 2 heterocycles. The van der Waals surface area contributed by atoms with Crippen molar-refractivity contribution in [3.63, 3.8) is 0 Å². The number of thiophene rings is 1. The lowest BCUT2D eigenvalue weighted by molar-refractivity contribution is -0.00923. The molecule has 0 atom stereocenters. The van der Waals surface area contributed by atoms with Crippen LogP contribution in [-0.2, 0) is 11.3 Å². The van der Waals surface area contributed by atoms with Crippen LogP contribution < -0.4 is 14.2 Å². The van der Waals surface area contributed by atoms with Crippen LogP contribution in [0.2, 0.25) is 0 Å². The van der Waals surface area contributed by atoms with Gasteiger partial charge in [0.15, 0.2) is 5.75 Å². The molecule has 0 amide bonds. The van der Waals surface area contributed by atoms with Crippen molar-refractivity contribution < 1.29 is 24.1 Å². The molecule has 5 aromatic rings. The zero-order valence-electron chi connectivity index (χ0n) is 25.1. The number of hydrogen-bond donors (Lipinski definition) is 1. The molecular weight excluding hydrogens is 570 g/mol. The lowest BCUT2D eigenvalue weighted by Crippen LogP contribution is -2.39. The fraction of sp³-hybridized carbons (Fsp3) is 0.297. The minimum absolute atomic E-state index is 0.0848. The first kappa shape index (κ1) is 30.2. The van der Waals surface area contributed by atoms with E-state index in [0.717, 1.165) is 81.6 Å². The fourth-order valence-electron chi connectivity index (χ4n) is 5.41. The number of rotatable bonds is 13. The smallest absolute Gasteiger partial charge is 0.153 e. The number of nitrogens with zero attached hydrogens (tertiary/aromatic N) is 1. The Kier molecular flexibility index (Phi) is 10.1. The van der Waals surface area contributed by atoms with E-state index in [2.05, 4.69) is 60.4 Å². The minimum Gasteiger partial charge on any atom is -0.492 e.